The monoisotopic (exact) mass is 472 g/mol. The van der Waals surface area contributed by atoms with Gasteiger partial charge >= 0.3 is 6.11 Å². The van der Waals surface area contributed by atoms with Crippen LogP contribution in [0.2, 0.25) is 0 Å². The summed E-state index contributed by atoms with van der Waals surface area (Å²) in [4.78, 5) is 12.9. The molecule has 3 aromatic heterocycles. The Hall–Kier alpha value is -3.93. The highest BCUT2D eigenvalue weighted by Crippen LogP contribution is 2.25. The number of hydrogen-bond donors (Lipinski definition) is 1. The summed E-state index contributed by atoms with van der Waals surface area (Å²) in [6, 6.07) is 9.54. The zero-order valence-corrected chi connectivity index (χ0v) is 18.5. The van der Waals surface area contributed by atoms with Crippen molar-refractivity contribution in [3.8, 4) is 34.7 Å². The normalized spacial score (nSPS) is 11.6. The van der Waals surface area contributed by atoms with Gasteiger partial charge in [-0.15, -0.1) is 5.10 Å². The lowest BCUT2D eigenvalue weighted by atomic mass is 10.2. The molecular formula is C22H22F2N6O4. The lowest BCUT2D eigenvalue weighted by molar-refractivity contribution is -0.158. The predicted molar refractivity (Wildman–Crippen MR) is 115 cm³/mol. The minimum absolute atomic E-state index is 0.0223. The Balaban J connectivity index is 1.46. The van der Waals surface area contributed by atoms with Gasteiger partial charge in [-0.2, -0.15) is 13.8 Å². The Morgan fingerprint density at radius 3 is 2.65 bits per heavy atom. The molecule has 0 radical (unpaired) electrons. The third kappa shape index (κ3) is 5.90. The van der Waals surface area contributed by atoms with E-state index in [2.05, 4.69) is 29.9 Å². The van der Waals surface area contributed by atoms with Crippen LogP contribution in [0.3, 0.4) is 0 Å². The highest BCUT2D eigenvalue weighted by molar-refractivity contribution is 5.57. The maximum atomic E-state index is 13.0. The maximum absolute atomic E-state index is 13.0. The van der Waals surface area contributed by atoms with Crippen molar-refractivity contribution in [3.63, 3.8) is 0 Å². The van der Waals surface area contributed by atoms with Crippen LogP contribution in [0.4, 0.5) is 8.78 Å². The predicted octanol–water partition coefficient (Wildman–Crippen LogP) is 3.50. The van der Waals surface area contributed by atoms with Crippen LogP contribution >= 0.6 is 0 Å². The molecule has 0 aliphatic carbocycles. The number of pyridine rings is 1. The molecule has 3 heterocycles. The van der Waals surface area contributed by atoms with Gasteiger partial charge in [0.05, 0.1) is 13.2 Å². The van der Waals surface area contributed by atoms with Crippen molar-refractivity contribution in [2.24, 2.45) is 0 Å². The second kappa shape index (κ2) is 9.91. The molecule has 0 unspecified atom stereocenters. The lowest BCUT2D eigenvalue weighted by Gasteiger charge is -2.12. The molecular weight excluding hydrogens is 450 g/mol. The van der Waals surface area contributed by atoms with Gasteiger partial charge in [0.15, 0.2) is 0 Å². The Kier molecular flexibility index (Phi) is 6.77. The molecule has 0 saturated heterocycles. The van der Waals surface area contributed by atoms with E-state index in [1.54, 1.807) is 36.0 Å². The number of alkyl halides is 2. The van der Waals surface area contributed by atoms with Crippen molar-refractivity contribution in [1.82, 2.24) is 29.9 Å². The summed E-state index contributed by atoms with van der Waals surface area (Å²) in [5.41, 5.74) is 1.46. The molecule has 10 nitrogen and oxygen atoms in total. The third-order valence-corrected chi connectivity index (χ3v) is 4.57. The van der Waals surface area contributed by atoms with Crippen LogP contribution in [-0.2, 0) is 6.54 Å². The minimum atomic E-state index is -3.27. The van der Waals surface area contributed by atoms with E-state index in [1.165, 1.54) is 12.1 Å². The number of ether oxygens (including phenoxy) is 2. The van der Waals surface area contributed by atoms with E-state index in [1.807, 2.05) is 6.07 Å². The molecule has 4 aromatic rings. The molecule has 0 bridgehead atoms. The second-order valence-corrected chi connectivity index (χ2v) is 7.43. The van der Waals surface area contributed by atoms with Gasteiger partial charge in [-0.25, -0.2) is 14.6 Å². The van der Waals surface area contributed by atoms with Crippen molar-refractivity contribution >= 4 is 0 Å². The Morgan fingerprint density at radius 1 is 1.12 bits per heavy atom. The summed E-state index contributed by atoms with van der Waals surface area (Å²) in [6.45, 7) is 3.31. The van der Waals surface area contributed by atoms with Crippen LogP contribution in [0.5, 0.6) is 11.6 Å². The standard InChI is InChI=1S/C22H22F2N6O4/c1-14-26-20(28-30(14)13-15-8-9-25-18(12-15)32-11-3-10-31)21-27-19(29-34-21)16-4-6-17(7-5-16)33-22(2,23)24/h4-9,12,31H,3,10-11,13H2,1-2H3. The summed E-state index contributed by atoms with van der Waals surface area (Å²) in [6.07, 6.45) is -1.11. The van der Waals surface area contributed by atoms with E-state index in [-0.39, 0.29) is 29.9 Å². The third-order valence-electron chi connectivity index (χ3n) is 4.57. The van der Waals surface area contributed by atoms with Crippen molar-refractivity contribution < 1.29 is 27.9 Å². The number of hydrogen-bond acceptors (Lipinski definition) is 9. The van der Waals surface area contributed by atoms with Crippen molar-refractivity contribution in [2.45, 2.75) is 32.9 Å². The molecule has 0 spiro atoms. The number of halogens is 2. The first-order valence-corrected chi connectivity index (χ1v) is 10.4. The van der Waals surface area contributed by atoms with Crippen LogP contribution in [0.25, 0.3) is 23.1 Å². The van der Waals surface area contributed by atoms with Crippen LogP contribution in [0, 0.1) is 6.92 Å². The number of aliphatic hydroxyl groups excluding tert-OH is 1. The Morgan fingerprint density at radius 2 is 1.91 bits per heavy atom. The molecule has 0 atom stereocenters. The van der Waals surface area contributed by atoms with Crippen LogP contribution in [0.15, 0.2) is 47.1 Å². The zero-order valence-electron chi connectivity index (χ0n) is 18.5. The summed E-state index contributed by atoms with van der Waals surface area (Å²) in [5, 5.41) is 17.3. The van der Waals surface area contributed by atoms with Gasteiger partial charge in [0, 0.05) is 37.8 Å². The molecule has 1 aromatic carbocycles. The highest BCUT2D eigenvalue weighted by atomic mass is 19.3. The van der Waals surface area contributed by atoms with E-state index in [0.29, 0.717) is 43.8 Å². The van der Waals surface area contributed by atoms with Crippen LogP contribution < -0.4 is 9.47 Å². The number of rotatable bonds is 10. The van der Waals surface area contributed by atoms with E-state index < -0.39 is 6.11 Å². The van der Waals surface area contributed by atoms with Gasteiger partial charge in [-0.05, 0) is 42.8 Å². The molecule has 0 aliphatic heterocycles. The van der Waals surface area contributed by atoms with Crippen LogP contribution in [0.1, 0.15) is 24.7 Å². The smallest absolute Gasteiger partial charge is 0.394 e. The molecule has 12 heteroatoms. The number of aryl methyl sites for hydroxylation is 1. The Bertz CT molecular complexity index is 1240. The molecule has 34 heavy (non-hydrogen) atoms. The fraction of sp³-hybridized carbons (Fsp3) is 0.318. The molecule has 0 fully saturated rings. The largest absolute Gasteiger partial charge is 0.478 e. The van der Waals surface area contributed by atoms with E-state index in [9.17, 15) is 8.78 Å². The van der Waals surface area contributed by atoms with E-state index in [0.717, 1.165) is 5.56 Å². The van der Waals surface area contributed by atoms with Crippen molar-refractivity contribution in [1.29, 1.82) is 0 Å². The SMILES string of the molecule is Cc1nc(-c2nc(-c3ccc(OC(C)(F)F)cc3)no2)nn1Cc1ccnc(OCCCO)c1. The first-order chi connectivity index (χ1) is 16.3. The van der Waals surface area contributed by atoms with Gasteiger partial charge in [0.2, 0.25) is 17.5 Å². The van der Waals surface area contributed by atoms with E-state index >= 15 is 0 Å². The second-order valence-electron chi connectivity index (χ2n) is 7.43. The van der Waals surface area contributed by atoms with Gasteiger partial charge in [-0.3, -0.25) is 0 Å². The summed E-state index contributed by atoms with van der Waals surface area (Å²) >= 11 is 0. The first kappa shape index (κ1) is 23.2. The highest BCUT2D eigenvalue weighted by Gasteiger charge is 2.23. The average molecular weight is 472 g/mol. The summed E-state index contributed by atoms with van der Waals surface area (Å²) in [7, 11) is 0. The zero-order chi connectivity index (χ0) is 24.1. The van der Waals surface area contributed by atoms with Crippen molar-refractivity contribution in [3.05, 3.63) is 54.0 Å². The van der Waals surface area contributed by atoms with Crippen molar-refractivity contribution in [2.75, 3.05) is 13.2 Å². The number of benzene rings is 1. The number of aromatic nitrogens is 6. The molecule has 0 saturated carbocycles. The molecule has 0 amide bonds. The van der Waals surface area contributed by atoms with Gasteiger partial charge in [-0.1, -0.05) is 5.16 Å². The fourth-order valence-electron chi connectivity index (χ4n) is 3.01. The Labute approximate surface area is 193 Å². The molecule has 1 N–H and O–H groups in total. The fourth-order valence-corrected chi connectivity index (χ4v) is 3.01. The van der Waals surface area contributed by atoms with Gasteiger partial charge < -0.3 is 19.1 Å². The summed E-state index contributed by atoms with van der Waals surface area (Å²) in [5.74, 6) is 1.77. The molecule has 178 valence electrons. The lowest BCUT2D eigenvalue weighted by Crippen LogP contribution is -2.18. The average Bonchev–Trinajstić information content (AvgIpc) is 3.41. The topological polar surface area (TPSA) is 121 Å². The van der Waals surface area contributed by atoms with E-state index in [4.69, 9.17) is 14.4 Å². The number of aliphatic hydroxyl groups is 1. The first-order valence-electron chi connectivity index (χ1n) is 10.4. The minimum Gasteiger partial charge on any atom is -0.478 e. The molecule has 0 aliphatic rings. The molecule has 4 rings (SSSR count). The van der Waals surface area contributed by atoms with Gasteiger partial charge in [0.25, 0.3) is 5.89 Å². The summed E-state index contributed by atoms with van der Waals surface area (Å²) < 4.78 is 43.0. The maximum Gasteiger partial charge on any atom is 0.394 e. The van der Waals surface area contributed by atoms with Gasteiger partial charge in [0.1, 0.15) is 11.6 Å². The van der Waals surface area contributed by atoms with Crippen LogP contribution in [-0.4, -0.2) is 54.3 Å². The quantitative estimate of drug-likeness (QED) is 0.346. The number of nitrogens with zero attached hydrogens (tertiary/aromatic N) is 6.